The van der Waals surface area contributed by atoms with Gasteiger partial charge in [0, 0.05) is 0 Å². The second kappa shape index (κ2) is 11.0. The summed E-state index contributed by atoms with van der Waals surface area (Å²) in [6, 6.07) is 0. The molecule has 0 aliphatic rings. The largest absolute Gasteiger partial charge is 0.0917 e. The lowest BCUT2D eigenvalue weighted by Crippen LogP contribution is -2.04. The van der Waals surface area contributed by atoms with E-state index in [0.29, 0.717) is 0 Å². The highest BCUT2D eigenvalue weighted by Gasteiger charge is 2.09. The third-order valence-electron chi connectivity index (χ3n) is 3.15. The van der Waals surface area contributed by atoms with Gasteiger partial charge >= 0.3 is 0 Å². The van der Waals surface area contributed by atoms with E-state index in [1.807, 2.05) is 0 Å². The van der Waals surface area contributed by atoms with E-state index in [-0.39, 0.29) is 0 Å². The molecule has 0 bridgehead atoms. The van der Waals surface area contributed by atoms with E-state index in [2.05, 4.69) is 52.0 Å². The Morgan fingerprint density at radius 3 is 2.38 bits per heavy atom. The zero-order valence-corrected chi connectivity index (χ0v) is 11.7. The maximum absolute atomic E-state index is 2.34. The average molecular weight is 222 g/mol. The summed E-state index contributed by atoms with van der Waals surface area (Å²) in [6.45, 7) is 8.86. The fourth-order valence-electron chi connectivity index (χ4n) is 2.28. The van der Waals surface area contributed by atoms with Crippen LogP contribution < -0.4 is 0 Å². The van der Waals surface area contributed by atoms with Gasteiger partial charge in [-0.2, -0.15) is 0 Å². The lowest BCUT2D eigenvalue weighted by molar-refractivity contribution is 0.393. The first kappa shape index (κ1) is 15.5. The van der Waals surface area contributed by atoms with Gasteiger partial charge in [-0.15, -0.1) is 0 Å². The zero-order valence-electron chi connectivity index (χ0n) is 11.7. The van der Waals surface area contributed by atoms with E-state index in [1.165, 1.54) is 38.5 Å². The topological polar surface area (TPSA) is 0 Å². The van der Waals surface area contributed by atoms with Crippen molar-refractivity contribution in [1.82, 2.24) is 0 Å². The molecule has 0 saturated carbocycles. The first-order valence-corrected chi connectivity index (χ1v) is 6.98. The van der Waals surface area contributed by atoms with Crippen molar-refractivity contribution in [2.45, 2.75) is 66.2 Å². The van der Waals surface area contributed by atoms with Crippen molar-refractivity contribution in [1.29, 1.82) is 0 Å². The van der Waals surface area contributed by atoms with Crippen molar-refractivity contribution in [2.75, 3.05) is 0 Å². The molecule has 0 amide bonds. The molecule has 0 aliphatic carbocycles. The highest BCUT2D eigenvalue weighted by atomic mass is 14.1. The van der Waals surface area contributed by atoms with Crippen LogP contribution in [0, 0.1) is 11.8 Å². The van der Waals surface area contributed by atoms with Crippen LogP contribution in [0.4, 0.5) is 0 Å². The summed E-state index contributed by atoms with van der Waals surface area (Å²) in [5.74, 6) is 1.62. The van der Waals surface area contributed by atoms with E-state index in [0.717, 1.165) is 11.8 Å². The Labute approximate surface area is 103 Å². The van der Waals surface area contributed by atoms with Crippen molar-refractivity contribution in [3.05, 3.63) is 24.3 Å². The quantitative estimate of drug-likeness (QED) is 0.344. The standard InChI is InChI=1S/C16H30/c1-5-8-10-13-16(12-9-6-2)14-15(4)11-7-3/h6-7,9,11,15-16H,5,8,10,12-14H2,1-4H3. The van der Waals surface area contributed by atoms with Crippen LogP contribution >= 0.6 is 0 Å². The molecule has 0 aromatic heterocycles. The Balaban J connectivity index is 3.97. The minimum Gasteiger partial charge on any atom is -0.0917 e. The fraction of sp³-hybridized carbons (Fsp3) is 0.750. The fourth-order valence-corrected chi connectivity index (χ4v) is 2.28. The lowest BCUT2D eigenvalue weighted by atomic mass is 9.88. The molecule has 0 heteroatoms. The number of hydrogen-bond donors (Lipinski definition) is 0. The van der Waals surface area contributed by atoms with Crippen molar-refractivity contribution in [2.24, 2.45) is 11.8 Å². The SMILES string of the molecule is CC=CCC(CCCCC)CC(C)C=CC. The van der Waals surface area contributed by atoms with Gasteiger partial charge in [-0.3, -0.25) is 0 Å². The summed E-state index contributed by atoms with van der Waals surface area (Å²) < 4.78 is 0. The molecule has 0 N–H and O–H groups in total. The van der Waals surface area contributed by atoms with E-state index in [1.54, 1.807) is 0 Å². The van der Waals surface area contributed by atoms with Crippen LogP contribution in [-0.2, 0) is 0 Å². The minimum absolute atomic E-state index is 0.738. The van der Waals surface area contributed by atoms with Crippen LogP contribution in [0.25, 0.3) is 0 Å². The van der Waals surface area contributed by atoms with Gasteiger partial charge in [-0.05, 0) is 38.5 Å². The Hall–Kier alpha value is -0.520. The summed E-state index contributed by atoms with van der Waals surface area (Å²) in [5.41, 5.74) is 0. The predicted molar refractivity (Wildman–Crippen MR) is 75.7 cm³/mol. The van der Waals surface area contributed by atoms with Crippen LogP contribution in [-0.4, -0.2) is 0 Å². The molecule has 0 aliphatic heterocycles. The third-order valence-corrected chi connectivity index (χ3v) is 3.15. The van der Waals surface area contributed by atoms with Crippen LogP contribution in [0.2, 0.25) is 0 Å². The predicted octanol–water partition coefficient (Wildman–Crippen LogP) is 5.75. The summed E-state index contributed by atoms with van der Waals surface area (Å²) in [5, 5.41) is 0. The minimum atomic E-state index is 0.738. The van der Waals surface area contributed by atoms with Crippen molar-refractivity contribution >= 4 is 0 Å². The lowest BCUT2D eigenvalue weighted by Gasteiger charge is -2.17. The molecule has 0 saturated heterocycles. The molecule has 94 valence electrons. The maximum atomic E-state index is 2.34. The zero-order chi connectivity index (χ0) is 12.2. The van der Waals surface area contributed by atoms with E-state index in [4.69, 9.17) is 0 Å². The summed E-state index contributed by atoms with van der Waals surface area (Å²) >= 11 is 0. The highest BCUT2D eigenvalue weighted by Crippen LogP contribution is 2.23. The van der Waals surface area contributed by atoms with Crippen molar-refractivity contribution in [3.8, 4) is 0 Å². The van der Waals surface area contributed by atoms with Crippen LogP contribution in [0.5, 0.6) is 0 Å². The van der Waals surface area contributed by atoms with Crippen LogP contribution in [0.15, 0.2) is 24.3 Å². The Kier molecular flexibility index (Phi) is 10.6. The molecule has 2 atom stereocenters. The number of hydrogen-bond acceptors (Lipinski definition) is 0. The van der Waals surface area contributed by atoms with E-state index in [9.17, 15) is 0 Å². The summed E-state index contributed by atoms with van der Waals surface area (Å²) in [4.78, 5) is 0. The van der Waals surface area contributed by atoms with Crippen LogP contribution in [0.3, 0.4) is 0 Å². The molecule has 0 fully saturated rings. The molecule has 0 aromatic carbocycles. The van der Waals surface area contributed by atoms with Gasteiger partial charge in [0.25, 0.3) is 0 Å². The van der Waals surface area contributed by atoms with Gasteiger partial charge < -0.3 is 0 Å². The van der Waals surface area contributed by atoms with Gasteiger partial charge in [0.1, 0.15) is 0 Å². The highest BCUT2D eigenvalue weighted by molar-refractivity contribution is 4.87. The van der Waals surface area contributed by atoms with Crippen molar-refractivity contribution in [3.63, 3.8) is 0 Å². The van der Waals surface area contributed by atoms with Gasteiger partial charge in [0.05, 0.1) is 0 Å². The van der Waals surface area contributed by atoms with Gasteiger partial charge in [0.2, 0.25) is 0 Å². The molecular weight excluding hydrogens is 192 g/mol. The Morgan fingerprint density at radius 2 is 1.81 bits per heavy atom. The molecule has 0 radical (unpaired) electrons. The van der Waals surface area contributed by atoms with Gasteiger partial charge in [0.15, 0.2) is 0 Å². The van der Waals surface area contributed by atoms with Crippen molar-refractivity contribution < 1.29 is 0 Å². The smallest absolute Gasteiger partial charge is 0.0259 e. The second-order valence-corrected chi connectivity index (χ2v) is 4.91. The van der Waals surface area contributed by atoms with E-state index >= 15 is 0 Å². The monoisotopic (exact) mass is 222 g/mol. The normalized spacial score (nSPS) is 16.0. The van der Waals surface area contributed by atoms with E-state index < -0.39 is 0 Å². The number of allylic oxidation sites excluding steroid dienone is 4. The first-order chi connectivity index (χ1) is 7.74. The maximum Gasteiger partial charge on any atom is -0.0259 e. The second-order valence-electron chi connectivity index (χ2n) is 4.91. The molecule has 0 spiro atoms. The van der Waals surface area contributed by atoms with Gasteiger partial charge in [-0.1, -0.05) is 63.8 Å². The summed E-state index contributed by atoms with van der Waals surface area (Å²) in [6.07, 6.45) is 17.2. The molecule has 2 unspecified atom stereocenters. The Morgan fingerprint density at radius 1 is 1.06 bits per heavy atom. The Bertz CT molecular complexity index is 188. The molecular formula is C16H30. The summed E-state index contributed by atoms with van der Waals surface area (Å²) in [7, 11) is 0. The van der Waals surface area contributed by atoms with Crippen LogP contribution in [0.1, 0.15) is 66.2 Å². The number of rotatable bonds is 9. The molecule has 0 rings (SSSR count). The first-order valence-electron chi connectivity index (χ1n) is 6.98. The third kappa shape index (κ3) is 8.76. The molecule has 16 heavy (non-hydrogen) atoms. The van der Waals surface area contributed by atoms with Gasteiger partial charge in [-0.25, -0.2) is 0 Å². The molecule has 0 nitrogen and oxygen atoms in total. The molecule has 0 heterocycles. The average Bonchev–Trinajstić information content (AvgIpc) is 2.26. The number of unbranched alkanes of at least 4 members (excludes halogenated alkanes) is 2. The molecule has 0 aromatic rings.